The lowest BCUT2D eigenvalue weighted by molar-refractivity contribution is -0.147. The molecule has 0 aliphatic carbocycles. The zero-order valence-electron chi connectivity index (χ0n) is 14.8. The lowest BCUT2D eigenvalue weighted by Crippen LogP contribution is -2.40. The predicted molar refractivity (Wildman–Crippen MR) is 94.9 cm³/mol. The maximum atomic E-state index is 13.2. The summed E-state index contributed by atoms with van der Waals surface area (Å²) in [6.45, 7) is 2.50. The van der Waals surface area contributed by atoms with Crippen molar-refractivity contribution < 1.29 is 23.8 Å². The maximum absolute atomic E-state index is 13.2. The zero-order chi connectivity index (χ0) is 19.4. The first-order valence-corrected chi connectivity index (χ1v) is 8.50. The second-order valence-corrected chi connectivity index (χ2v) is 6.76. The smallest absolute Gasteiger partial charge is 0.317 e. The first-order valence-electron chi connectivity index (χ1n) is 8.50. The molecule has 2 aromatic rings. The molecule has 7 nitrogen and oxygen atoms in total. The third kappa shape index (κ3) is 4.52. The molecule has 1 aromatic heterocycles. The van der Waals surface area contributed by atoms with Gasteiger partial charge in [0.05, 0.1) is 5.41 Å². The summed E-state index contributed by atoms with van der Waals surface area (Å²) in [6.07, 6.45) is 1.99. The van der Waals surface area contributed by atoms with Crippen molar-refractivity contribution >= 4 is 12.0 Å². The minimum Gasteiger partial charge on any atom is -0.481 e. The number of hydrogen-bond acceptors (Lipinski definition) is 4. The number of nitrogens with one attached hydrogen (secondary N) is 1. The molecule has 1 saturated heterocycles. The van der Waals surface area contributed by atoms with Crippen molar-refractivity contribution in [2.24, 2.45) is 5.41 Å². The first-order chi connectivity index (χ1) is 12.9. The molecule has 0 radical (unpaired) electrons. The van der Waals surface area contributed by atoms with E-state index < -0.39 is 17.2 Å². The molecule has 1 unspecified atom stereocenters. The summed E-state index contributed by atoms with van der Waals surface area (Å²) in [5, 5.41) is 12.0. The van der Waals surface area contributed by atoms with Gasteiger partial charge in [0.2, 0.25) is 5.88 Å². The fourth-order valence-electron chi connectivity index (χ4n) is 2.83. The molecule has 1 aromatic carbocycles. The summed E-state index contributed by atoms with van der Waals surface area (Å²) in [4.78, 5) is 29.1. The van der Waals surface area contributed by atoms with Gasteiger partial charge in [-0.1, -0.05) is 12.1 Å². The number of carboxylic acid groups (broad SMARTS) is 1. The Kier molecular flexibility index (Phi) is 5.25. The number of rotatable bonds is 5. The number of urea groups is 1. The van der Waals surface area contributed by atoms with Crippen molar-refractivity contribution in [2.75, 3.05) is 13.1 Å². The fourth-order valence-corrected chi connectivity index (χ4v) is 2.83. The van der Waals surface area contributed by atoms with Crippen LogP contribution in [0.2, 0.25) is 0 Å². The molecule has 2 heterocycles. The number of aliphatic carboxylic acids is 1. The van der Waals surface area contributed by atoms with E-state index in [9.17, 15) is 19.1 Å². The third-order valence-electron chi connectivity index (χ3n) is 4.54. The molecule has 1 atom stereocenters. The molecule has 1 aliphatic rings. The lowest BCUT2D eigenvalue weighted by atomic mass is 9.90. The Hall–Kier alpha value is -3.16. The molecule has 0 saturated carbocycles. The Labute approximate surface area is 155 Å². The number of hydrogen-bond donors (Lipinski definition) is 2. The number of benzene rings is 1. The van der Waals surface area contributed by atoms with Crippen LogP contribution in [0.4, 0.5) is 9.18 Å². The number of halogens is 1. The van der Waals surface area contributed by atoms with Crippen LogP contribution in [0.3, 0.4) is 0 Å². The maximum Gasteiger partial charge on any atom is 0.317 e. The number of carbonyl (C=O) groups is 2. The van der Waals surface area contributed by atoms with Crippen molar-refractivity contribution in [3.05, 3.63) is 54.0 Å². The summed E-state index contributed by atoms with van der Waals surface area (Å²) in [5.41, 5.74) is -0.135. The van der Waals surface area contributed by atoms with Gasteiger partial charge in [-0.2, -0.15) is 0 Å². The van der Waals surface area contributed by atoms with Gasteiger partial charge in [-0.05, 0) is 31.0 Å². The van der Waals surface area contributed by atoms with Crippen molar-refractivity contribution in [1.29, 1.82) is 0 Å². The number of carboxylic acids is 1. The molecule has 142 valence electrons. The van der Waals surface area contributed by atoms with E-state index in [-0.39, 0.29) is 19.1 Å². The molecule has 1 aliphatic heterocycles. The normalized spacial score (nSPS) is 19.0. The van der Waals surface area contributed by atoms with Gasteiger partial charge in [-0.25, -0.2) is 14.2 Å². The van der Waals surface area contributed by atoms with Crippen molar-refractivity contribution in [1.82, 2.24) is 15.2 Å². The van der Waals surface area contributed by atoms with E-state index in [1.165, 1.54) is 17.0 Å². The molecule has 3 rings (SSSR count). The number of nitrogens with zero attached hydrogens (tertiary/aromatic N) is 2. The van der Waals surface area contributed by atoms with E-state index in [0.29, 0.717) is 24.6 Å². The Morgan fingerprint density at radius 3 is 2.81 bits per heavy atom. The molecule has 1 fully saturated rings. The molecular weight excluding hydrogens is 353 g/mol. The first kappa shape index (κ1) is 18.6. The highest BCUT2D eigenvalue weighted by molar-refractivity contribution is 5.79. The fraction of sp³-hybridized carbons (Fsp3) is 0.316. The highest BCUT2D eigenvalue weighted by atomic mass is 19.1. The third-order valence-corrected chi connectivity index (χ3v) is 4.54. The number of aromatic nitrogens is 1. The summed E-state index contributed by atoms with van der Waals surface area (Å²) in [6, 6.07) is 8.82. The summed E-state index contributed by atoms with van der Waals surface area (Å²) >= 11 is 0. The molecule has 8 heteroatoms. The summed E-state index contributed by atoms with van der Waals surface area (Å²) < 4.78 is 18.6. The van der Waals surface area contributed by atoms with Gasteiger partial charge < -0.3 is 20.1 Å². The van der Waals surface area contributed by atoms with Gasteiger partial charge in [-0.15, -0.1) is 0 Å². The van der Waals surface area contributed by atoms with E-state index in [1.54, 1.807) is 37.4 Å². The largest absolute Gasteiger partial charge is 0.481 e. The highest BCUT2D eigenvalue weighted by Gasteiger charge is 2.42. The monoisotopic (exact) mass is 373 g/mol. The van der Waals surface area contributed by atoms with E-state index in [1.807, 2.05) is 0 Å². The number of amides is 2. The van der Waals surface area contributed by atoms with Crippen molar-refractivity contribution in [2.45, 2.75) is 19.9 Å². The van der Waals surface area contributed by atoms with Gasteiger partial charge >= 0.3 is 12.0 Å². The number of ether oxygens (including phenoxy) is 1. The Balaban J connectivity index is 1.52. The van der Waals surface area contributed by atoms with Crippen LogP contribution in [0.5, 0.6) is 11.6 Å². The van der Waals surface area contributed by atoms with Gasteiger partial charge in [0.25, 0.3) is 0 Å². The van der Waals surface area contributed by atoms with Crippen LogP contribution < -0.4 is 10.1 Å². The van der Waals surface area contributed by atoms with Gasteiger partial charge in [-0.3, -0.25) is 4.79 Å². The Bertz CT molecular complexity index is 843. The van der Waals surface area contributed by atoms with Crippen LogP contribution in [0.15, 0.2) is 42.6 Å². The SMILES string of the molecule is CC1(C(=O)O)CCN(C(=O)NCc2ccc(Oc3cccc(F)c3)nc2)C1. The number of likely N-dealkylation sites (tertiary alicyclic amines) is 1. The minimum atomic E-state index is -0.894. The molecule has 0 spiro atoms. The van der Waals surface area contributed by atoms with Gasteiger partial charge in [0.15, 0.2) is 0 Å². The second-order valence-electron chi connectivity index (χ2n) is 6.76. The van der Waals surface area contributed by atoms with Crippen molar-refractivity contribution in [3.63, 3.8) is 0 Å². The average Bonchev–Trinajstić information content (AvgIpc) is 3.05. The summed E-state index contributed by atoms with van der Waals surface area (Å²) in [5.74, 6) is -0.630. The molecule has 2 N–H and O–H groups in total. The summed E-state index contributed by atoms with van der Waals surface area (Å²) in [7, 11) is 0. The average molecular weight is 373 g/mol. The topological polar surface area (TPSA) is 91.8 Å². The molecule has 2 amide bonds. The van der Waals surface area contributed by atoms with Crippen LogP contribution in [0.25, 0.3) is 0 Å². The van der Waals surface area contributed by atoms with Gasteiger partial charge in [0.1, 0.15) is 11.6 Å². The Morgan fingerprint density at radius 2 is 2.19 bits per heavy atom. The van der Waals surface area contributed by atoms with E-state index in [0.717, 1.165) is 5.56 Å². The number of pyridine rings is 1. The minimum absolute atomic E-state index is 0.187. The van der Waals surface area contributed by atoms with E-state index in [4.69, 9.17) is 4.74 Å². The standard InChI is InChI=1S/C19H20FN3O4/c1-19(17(24)25)7-8-23(12-19)18(26)22-11-13-5-6-16(21-10-13)27-15-4-2-3-14(20)9-15/h2-6,9-10H,7-8,11-12H2,1H3,(H,22,26)(H,24,25). The van der Waals surface area contributed by atoms with Crippen LogP contribution >= 0.6 is 0 Å². The number of carbonyl (C=O) groups excluding carboxylic acids is 1. The van der Waals surface area contributed by atoms with Crippen LogP contribution in [-0.2, 0) is 11.3 Å². The second kappa shape index (κ2) is 7.61. The molecule has 27 heavy (non-hydrogen) atoms. The predicted octanol–water partition coefficient (Wildman–Crippen LogP) is 3.02. The van der Waals surface area contributed by atoms with E-state index in [2.05, 4.69) is 10.3 Å². The van der Waals surface area contributed by atoms with Crippen LogP contribution in [0, 0.1) is 11.2 Å². The zero-order valence-corrected chi connectivity index (χ0v) is 14.8. The molecule has 0 bridgehead atoms. The Morgan fingerprint density at radius 1 is 1.37 bits per heavy atom. The molecular formula is C19H20FN3O4. The lowest BCUT2D eigenvalue weighted by Gasteiger charge is -2.20. The van der Waals surface area contributed by atoms with Crippen LogP contribution in [-0.4, -0.2) is 40.1 Å². The van der Waals surface area contributed by atoms with Crippen molar-refractivity contribution in [3.8, 4) is 11.6 Å². The van der Waals surface area contributed by atoms with Gasteiger partial charge in [0, 0.05) is 38.0 Å². The highest BCUT2D eigenvalue weighted by Crippen LogP contribution is 2.30. The quantitative estimate of drug-likeness (QED) is 0.841. The van der Waals surface area contributed by atoms with E-state index >= 15 is 0 Å². The van der Waals surface area contributed by atoms with Crippen LogP contribution in [0.1, 0.15) is 18.9 Å².